The predicted molar refractivity (Wildman–Crippen MR) is 70.2 cm³/mol. The van der Waals surface area contributed by atoms with E-state index in [1.54, 1.807) is 0 Å². The van der Waals surface area contributed by atoms with Crippen LogP contribution < -0.4 is 5.32 Å². The molecule has 0 amide bonds. The van der Waals surface area contributed by atoms with Gasteiger partial charge in [-0.2, -0.15) is 16.7 Å². The molecule has 2 atom stereocenters. The van der Waals surface area contributed by atoms with Gasteiger partial charge < -0.3 is 9.84 Å². The van der Waals surface area contributed by atoms with Crippen molar-refractivity contribution in [2.24, 2.45) is 0 Å². The molecule has 1 aliphatic heterocycles. The Hall–Kier alpha value is -0.550. The van der Waals surface area contributed by atoms with Crippen molar-refractivity contribution in [2.75, 3.05) is 13.1 Å². The molecule has 1 aliphatic rings. The highest BCUT2D eigenvalue weighted by molar-refractivity contribution is 7.99. The van der Waals surface area contributed by atoms with Crippen molar-refractivity contribution >= 4 is 11.8 Å². The summed E-state index contributed by atoms with van der Waals surface area (Å²) in [6.45, 7) is 6.52. The molecule has 1 aromatic heterocycles. The summed E-state index contributed by atoms with van der Waals surface area (Å²) >= 11 is 1.89. The average molecular weight is 255 g/mol. The first-order chi connectivity index (χ1) is 8.29. The Bertz CT molecular complexity index is 336. The number of hydrogen-bond donors (Lipinski definition) is 1. The van der Waals surface area contributed by atoms with Gasteiger partial charge in [0, 0.05) is 11.8 Å². The second-order valence-corrected chi connectivity index (χ2v) is 6.05. The van der Waals surface area contributed by atoms with E-state index in [1.807, 2.05) is 11.8 Å². The van der Waals surface area contributed by atoms with E-state index < -0.39 is 0 Å². The van der Waals surface area contributed by atoms with Gasteiger partial charge in [-0.05, 0) is 25.8 Å². The summed E-state index contributed by atoms with van der Waals surface area (Å²) < 4.78 is 5.36. The van der Waals surface area contributed by atoms with Crippen molar-refractivity contribution < 1.29 is 4.52 Å². The van der Waals surface area contributed by atoms with Crippen LogP contribution in [0.2, 0.25) is 0 Å². The molecular weight excluding hydrogens is 234 g/mol. The molecule has 1 saturated heterocycles. The Morgan fingerprint density at radius 3 is 3.18 bits per heavy atom. The molecule has 0 aliphatic carbocycles. The Kier molecular flexibility index (Phi) is 4.86. The number of nitrogens with zero attached hydrogens (tertiary/aromatic N) is 2. The van der Waals surface area contributed by atoms with E-state index in [0.29, 0.717) is 11.2 Å². The second-order valence-electron chi connectivity index (χ2n) is 4.62. The Balaban J connectivity index is 1.86. The van der Waals surface area contributed by atoms with Crippen LogP contribution in [0.4, 0.5) is 0 Å². The maximum Gasteiger partial charge on any atom is 0.231 e. The fourth-order valence-electron chi connectivity index (χ4n) is 1.89. The number of hydrogen-bond acceptors (Lipinski definition) is 5. The van der Waals surface area contributed by atoms with E-state index in [9.17, 15) is 0 Å². The van der Waals surface area contributed by atoms with Gasteiger partial charge in [0.15, 0.2) is 5.82 Å². The van der Waals surface area contributed by atoms with Crippen LogP contribution in [-0.2, 0) is 5.75 Å². The quantitative estimate of drug-likeness (QED) is 0.876. The number of piperidine rings is 1. The SMILES string of the molecule is CCC(C)SCc1noc([C@@H]2CCCNC2)n1. The van der Waals surface area contributed by atoms with Crippen LogP contribution in [0.5, 0.6) is 0 Å². The molecule has 96 valence electrons. The molecule has 5 heteroatoms. The van der Waals surface area contributed by atoms with Crippen molar-refractivity contribution in [1.29, 1.82) is 0 Å². The lowest BCUT2D eigenvalue weighted by atomic mass is 10.00. The van der Waals surface area contributed by atoms with E-state index in [0.717, 1.165) is 37.0 Å². The molecule has 1 aromatic rings. The normalized spacial score (nSPS) is 22.6. The Morgan fingerprint density at radius 2 is 2.47 bits per heavy atom. The maximum atomic E-state index is 5.36. The highest BCUT2D eigenvalue weighted by atomic mass is 32.2. The van der Waals surface area contributed by atoms with Gasteiger partial charge in [-0.3, -0.25) is 0 Å². The van der Waals surface area contributed by atoms with Crippen molar-refractivity contribution in [3.05, 3.63) is 11.7 Å². The fraction of sp³-hybridized carbons (Fsp3) is 0.833. The average Bonchev–Trinajstić information content (AvgIpc) is 2.86. The van der Waals surface area contributed by atoms with Crippen molar-refractivity contribution in [3.63, 3.8) is 0 Å². The van der Waals surface area contributed by atoms with Gasteiger partial charge in [0.2, 0.25) is 5.89 Å². The summed E-state index contributed by atoms with van der Waals surface area (Å²) in [5.74, 6) is 2.94. The molecule has 1 N–H and O–H groups in total. The minimum atomic E-state index is 0.415. The lowest BCUT2D eigenvalue weighted by Gasteiger charge is -2.18. The zero-order chi connectivity index (χ0) is 12.1. The highest BCUT2D eigenvalue weighted by Crippen LogP contribution is 2.23. The zero-order valence-electron chi connectivity index (χ0n) is 10.6. The first-order valence-electron chi connectivity index (χ1n) is 6.44. The lowest BCUT2D eigenvalue weighted by Crippen LogP contribution is -2.28. The van der Waals surface area contributed by atoms with Gasteiger partial charge in [0.05, 0.1) is 11.7 Å². The van der Waals surface area contributed by atoms with Crippen LogP contribution in [0.15, 0.2) is 4.52 Å². The second kappa shape index (κ2) is 6.40. The van der Waals surface area contributed by atoms with E-state index in [-0.39, 0.29) is 0 Å². The zero-order valence-corrected chi connectivity index (χ0v) is 11.4. The molecular formula is C12H21N3OS. The predicted octanol–water partition coefficient (Wildman–Crippen LogP) is 2.57. The van der Waals surface area contributed by atoms with Crippen LogP contribution in [-0.4, -0.2) is 28.5 Å². The molecule has 2 heterocycles. The Morgan fingerprint density at radius 1 is 1.59 bits per heavy atom. The van der Waals surface area contributed by atoms with Crippen LogP contribution in [0.1, 0.15) is 50.7 Å². The third-order valence-electron chi connectivity index (χ3n) is 3.20. The van der Waals surface area contributed by atoms with E-state index >= 15 is 0 Å². The summed E-state index contributed by atoms with van der Waals surface area (Å²) in [5.41, 5.74) is 0. The minimum absolute atomic E-state index is 0.415. The standard InChI is InChI=1S/C12H21N3OS/c1-3-9(2)17-8-11-14-12(16-15-11)10-5-4-6-13-7-10/h9-10,13H,3-8H2,1-2H3/t9?,10-/m1/s1. The summed E-state index contributed by atoms with van der Waals surface area (Å²) in [5, 5.41) is 8.09. The molecule has 17 heavy (non-hydrogen) atoms. The maximum absolute atomic E-state index is 5.36. The van der Waals surface area contributed by atoms with Gasteiger partial charge in [-0.1, -0.05) is 19.0 Å². The topological polar surface area (TPSA) is 51.0 Å². The van der Waals surface area contributed by atoms with Gasteiger partial charge in [-0.15, -0.1) is 0 Å². The summed E-state index contributed by atoms with van der Waals surface area (Å²) in [6.07, 6.45) is 3.54. The third-order valence-corrected chi connectivity index (χ3v) is 4.53. The summed E-state index contributed by atoms with van der Waals surface area (Å²) in [4.78, 5) is 4.50. The van der Waals surface area contributed by atoms with Gasteiger partial charge in [0.1, 0.15) is 0 Å². The molecule has 0 radical (unpaired) electrons. The molecule has 4 nitrogen and oxygen atoms in total. The molecule has 0 bridgehead atoms. The van der Waals surface area contributed by atoms with E-state index in [1.165, 1.54) is 12.8 Å². The highest BCUT2D eigenvalue weighted by Gasteiger charge is 2.21. The minimum Gasteiger partial charge on any atom is -0.339 e. The van der Waals surface area contributed by atoms with E-state index in [2.05, 4.69) is 29.3 Å². The molecule has 1 fully saturated rings. The summed E-state index contributed by atoms with van der Waals surface area (Å²) in [7, 11) is 0. The fourth-order valence-corrected chi connectivity index (χ4v) is 2.68. The summed E-state index contributed by atoms with van der Waals surface area (Å²) in [6, 6.07) is 0. The van der Waals surface area contributed by atoms with Crippen LogP contribution in [0.25, 0.3) is 0 Å². The Labute approximate surface area is 107 Å². The van der Waals surface area contributed by atoms with Crippen molar-refractivity contribution in [2.45, 2.75) is 50.0 Å². The smallest absolute Gasteiger partial charge is 0.231 e. The van der Waals surface area contributed by atoms with Gasteiger partial charge >= 0.3 is 0 Å². The molecule has 1 unspecified atom stereocenters. The molecule has 0 aromatic carbocycles. The number of aromatic nitrogens is 2. The van der Waals surface area contributed by atoms with Crippen LogP contribution in [0.3, 0.4) is 0 Å². The molecule has 0 saturated carbocycles. The number of nitrogens with one attached hydrogen (secondary N) is 1. The molecule has 0 spiro atoms. The van der Waals surface area contributed by atoms with E-state index in [4.69, 9.17) is 4.52 Å². The van der Waals surface area contributed by atoms with Gasteiger partial charge in [0.25, 0.3) is 0 Å². The van der Waals surface area contributed by atoms with Crippen LogP contribution >= 0.6 is 11.8 Å². The number of rotatable bonds is 5. The first-order valence-corrected chi connectivity index (χ1v) is 7.49. The van der Waals surface area contributed by atoms with Crippen molar-refractivity contribution in [3.8, 4) is 0 Å². The van der Waals surface area contributed by atoms with Crippen molar-refractivity contribution in [1.82, 2.24) is 15.5 Å². The lowest BCUT2D eigenvalue weighted by molar-refractivity contribution is 0.320. The monoisotopic (exact) mass is 255 g/mol. The van der Waals surface area contributed by atoms with Crippen LogP contribution in [0, 0.1) is 0 Å². The van der Waals surface area contributed by atoms with Gasteiger partial charge in [-0.25, -0.2) is 0 Å². The third kappa shape index (κ3) is 3.71. The first kappa shape index (κ1) is 12.9. The number of thioether (sulfide) groups is 1. The largest absolute Gasteiger partial charge is 0.339 e. The molecule has 2 rings (SSSR count).